The molecule has 6 aromatic rings. The average molecular weight is 1340 g/mol. The van der Waals surface area contributed by atoms with E-state index in [-0.39, 0.29) is 97.4 Å². The van der Waals surface area contributed by atoms with Crippen LogP contribution in [0.15, 0.2) is 103 Å². The van der Waals surface area contributed by atoms with Crippen LogP contribution in [0.5, 0.6) is 40.2 Å². The number of aliphatic hydroxyl groups excluding tert-OH is 10. The van der Waals surface area contributed by atoms with Gasteiger partial charge in [0.05, 0.1) is 63.1 Å². The summed E-state index contributed by atoms with van der Waals surface area (Å²) in [7, 11) is 0. The fourth-order valence-electron chi connectivity index (χ4n) is 8.81. The van der Waals surface area contributed by atoms with Gasteiger partial charge in [0.15, 0.2) is 34.5 Å². The van der Waals surface area contributed by atoms with Crippen LogP contribution in [0.4, 0.5) is 13.2 Å². The molecule has 6 aromatic carbocycles. The third kappa shape index (κ3) is 30.0. The van der Waals surface area contributed by atoms with Gasteiger partial charge in [0, 0.05) is 24.7 Å². The lowest BCUT2D eigenvalue weighted by atomic mass is 9.98. The molecule has 0 heterocycles. The molecule has 9 atom stereocenters. The molecule has 534 valence electrons. The fourth-order valence-corrected chi connectivity index (χ4v) is 8.81. The van der Waals surface area contributed by atoms with Gasteiger partial charge in [0.25, 0.3) is 0 Å². The van der Waals surface area contributed by atoms with Crippen LogP contribution in [0.1, 0.15) is 195 Å². The van der Waals surface area contributed by atoms with Crippen molar-refractivity contribution in [2.24, 2.45) is 17.8 Å². The number of ether oxygens (including phenoxy) is 1. The quantitative estimate of drug-likeness (QED) is 0.0203. The molecule has 9 unspecified atom stereocenters. The van der Waals surface area contributed by atoms with E-state index in [1.54, 1.807) is 68.4 Å². The van der Waals surface area contributed by atoms with Crippen molar-refractivity contribution in [2.75, 3.05) is 32.9 Å². The number of aliphatic hydroxyl groups is 10. The molecule has 0 spiro atoms. The van der Waals surface area contributed by atoms with E-state index in [1.165, 1.54) is 36.4 Å². The summed E-state index contributed by atoms with van der Waals surface area (Å²) in [6, 6.07) is 25.9. The third-order valence-electron chi connectivity index (χ3n) is 15.1. The number of hydrogen-bond donors (Lipinski definition) is 19. The lowest BCUT2D eigenvalue weighted by molar-refractivity contribution is 0.126. The number of phenolic OH excluding ortho intramolecular Hbond substituents is 6. The molecule has 0 radical (unpaired) electrons. The Balaban J connectivity index is 0.000000573. The van der Waals surface area contributed by atoms with E-state index in [9.17, 15) is 69.3 Å². The molecule has 0 saturated carbocycles. The van der Waals surface area contributed by atoms with Gasteiger partial charge in [-0.2, -0.15) is 4.39 Å². The average Bonchev–Trinajstić information content (AvgIpc) is 0.890. The Kier molecular flexibility index (Phi) is 41.4. The van der Waals surface area contributed by atoms with Gasteiger partial charge in [-0.3, -0.25) is 0 Å². The first-order valence-electron chi connectivity index (χ1n) is 32.0. The van der Waals surface area contributed by atoms with Gasteiger partial charge in [-0.1, -0.05) is 117 Å². The van der Waals surface area contributed by atoms with Gasteiger partial charge in [-0.05, 0) is 175 Å². The first-order chi connectivity index (χ1) is 44.8. The molecule has 0 aliphatic heterocycles. The monoisotopic (exact) mass is 1340 g/mol. The normalized spacial score (nSPS) is 13.9. The molecule has 0 aliphatic rings. The van der Waals surface area contributed by atoms with E-state index in [1.807, 2.05) is 41.5 Å². The van der Waals surface area contributed by atoms with Crippen molar-refractivity contribution >= 4 is 0 Å². The number of alkyl halides is 1. The second-order valence-corrected chi connectivity index (χ2v) is 24.0. The molecular formula is C72H108F3N3O17. The van der Waals surface area contributed by atoms with Crippen LogP contribution in [0.25, 0.3) is 0 Å². The van der Waals surface area contributed by atoms with E-state index in [4.69, 9.17) is 30.3 Å². The van der Waals surface area contributed by atoms with Crippen LogP contribution in [-0.4, -0.2) is 133 Å². The zero-order valence-corrected chi connectivity index (χ0v) is 56.9. The van der Waals surface area contributed by atoms with Crippen molar-refractivity contribution in [3.8, 4) is 40.2 Å². The highest BCUT2D eigenvalue weighted by molar-refractivity contribution is 5.53. The highest BCUT2D eigenvalue weighted by Gasteiger charge is 2.22. The van der Waals surface area contributed by atoms with Gasteiger partial charge in [0.2, 0.25) is 11.6 Å². The van der Waals surface area contributed by atoms with Crippen molar-refractivity contribution in [3.63, 3.8) is 0 Å². The Morgan fingerprint density at radius 1 is 0.400 bits per heavy atom. The van der Waals surface area contributed by atoms with E-state index < -0.39 is 60.6 Å². The highest BCUT2D eigenvalue weighted by Crippen LogP contribution is 2.40. The minimum Gasteiger partial charge on any atom is -0.505 e. The van der Waals surface area contributed by atoms with Gasteiger partial charge in [-0.25, -0.2) is 8.78 Å². The highest BCUT2D eigenvalue weighted by atomic mass is 18.2. The Hall–Kier alpha value is -6.81. The first-order valence-corrected chi connectivity index (χ1v) is 32.0. The van der Waals surface area contributed by atoms with Crippen LogP contribution in [0, 0.1) is 29.4 Å². The summed E-state index contributed by atoms with van der Waals surface area (Å²) < 4.78 is 42.0. The molecule has 20 nitrogen and oxygen atoms in total. The maximum Gasteiger partial charge on any atom is 0.206 e. The Morgan fingerprint density at radius 2 is 0.768 bits per heavy atom. The SMILES string of the molecule is CC(C)C(O)c1cc(O)c(OCC[18F])c(O)c1.CC(C)C(O)c1cc(O)c([18F])c(O)c1.CC(C)C(O)c1ccc([18F])cc1.CCC(C)NCC(O)c1ccc(CO)c(CO)c1.CCCNC(C)C(O)c1ccc(CO)c(CO)c1.CCCNC(C)C(O)c1ccc(O)c(O)c1. The van der Waals surface area contributed by atoms with Crippen LogP contribution >= 0.6 is 0 Å². The molecule has 95 heavy (non-hydrogen) atoms. The summed E-state index contributed by atoms with van der Waals surface area (Å²) >= 11 is 0. The Bertz CT molecular complexity index is 3040. The lowest BCUT2D eigenvalue weighted by Gasteiger charge is -2.21. The van der Waals surface area contributed by atoms with Gasteiger partial charge >= 0.3 is 0 Å². The Labute approximate surface area is 558 Å². The fraction of sp³-hybridized carbons (Fsp3) is 0.500. The van der Waals surface area contributed by atoms with Crippen LogP contribution in [0.3, 0.4) is 0 Å². The van der Waals surface area contributed by atoms with Gasteiger partial charge in [0.1, 0.15) is 19.1 Å². The van der Waals surface area contributed by atoms with Crippen LogP contribution in [0.2, 0.25) is 0 Å². The molecule has 0 amide bonds. The second-order valence-electron chi connectivity index (χ2n) is 24.0. The zero-order valence-electron chi connectivity index (χ0n) is 56.9. The van der Waals surface area contributed by atoms with Crippen LogP contribution < -0.4 is 20.7 Å². The molecule has 23 heteroatoms. The summed E-state index contributed by atoms with van der Waals surface area (Å²) in [5.74, 6) is -3.77. The van der Waals surface area contributed by atoms with E-state index in [2.05, 4.69) is 43.6 Å². The maximum absolute atomic E-state index is 12.8. The lowest BCUT2D eigenvalue weighted by Crippen LogP contribution is -2.32. The molecule has 0 aliphatic carbocycles. The van der Waals surface area contributed by atoms with Crippen molar-refractivity contribution in [2.45, 2.75) is 184 Å². The van der Waals surface area contributed by atoms with Crippen molar-refractivity contribution < 1.29 is 99.6 Å². The smallest absolute Gasteiger partial charge is 0.206 e. The standard InChI is InChI=1S/2C14H23NO3.C12H17FO4.C12H19NO3.C10H13FO3.C10H13FO/c1-3-10(2)15-7-14(18)11-4-5-12(8-16)13(6-11)9-17;1-3-6-15-10(2)14(18)11-4-5-12(8-16)13(7-11)9-17;1-7(2)11(16)8-5-9(14)12(10(15)6-8)17-4-3-13;1-3-6-13-8(2)12(16)9-4-5-10(14)11(15)7-9;1-5(2)10(14)6-3-7(12)9(11)8(13)4-6;1-7(2)10(12)8-3-5-9(11)6-4-8/h4-6,10,14-18H,3,7-9H2,1-2H3;4-5,7,10,14-18H,3,6,8-9H2,1-2H3;5-7,11,14-16H,3-4H2,1-2H3;4-5,7-8,12-16H,3,6H2,1-2H3;3-5,10,12-14H,1-2H3;3-7,10,12H,1-2H3/i;;13-1;;2*11-1. The molecule has 0 saturated heterocycles. The number of hydrogen-bond acceptors (Lipinski definition) is 20. The second kappa shape index (κ2) is 45.6. The van der Waals surface area contributed by atoms with E-state index >= 15 is 0 Å². The number of nitrogens with one attached hydrogen (secondary N) is 3. The number of rotatable bonds is 28. The predicted molar refractivity (Wildman–Crippen MR) is 361 cm³/mol. The predicted octanol–water partition coefficient (Wildman–Crippen LogP) is 10.3. The number of aromatic hydroxyl groups is 6. The van der Waals surface area contributed by atoms with E-state index in [0.717, 1.165) is 61.2 Å². The Morgan fingerprint density at radius 3 is 1.16 bits per heavy atom. The molecule has 6 rings (SSSR count). The van der Waals surface area contributed by atoms with Gasteiger partial charge < -0.3 is 102 Å². The maximum atomic E-state index is 12.8. The summed E-state index contributed by atoms with van der Waals surface area (Å²) in [6.45, 7) is 23.9. The summed E-state index contributed by atoms with van der Waals surface area (Å²) in [5, 5.41) is 161. The molecule has 0 bridgehead atoms. The van der Waals surface area contributed by atoms with Crippen molar-refractivity contribution in [1.29, 1.82) is 0 Å². The van der Waals surface area contributed by atoms with E-state index in [0.29, 0.717) is 51.5 Å². The van der Waals surface area contributed by atoms with Crippen LogP contribution in [-0.2, 0) is 26.4 Å². The van der Waals surface area contributed by atoms with Crippen molar-refractivity contribution in [3.05, 3.63) is 170 Å². The topological polar surface area (TPSA) is 369 Å². The number of benzene rings is 6. The summed E-state index contributed by atoms with van der Waals surface area (Å²) in [6.07, 6.45) is -0.997. The molecule has 0 fully saturated rings. The first kappa shape index (κ1) is 86.2. The van der Waals surface area contributed by atoms with Crippen molar-refractivity contribution in [1.82, 2.24) is 16.0 Å². The number of phenols is 6. The summed E-state index contributed by atoms with van der Waals surface area (Å²) in [4.78, 5) is 0. The molecule has 0 aromatic heterocycles. The minimum absolute atomic E-state index is 0.0449. The largest absolute Gasteiger partial charge is 0.505 e. The molecule has 19 N–H and O–H groups in total. The molecular weight excluding hydrogens is 1230 g/mol. The minimum atomic E-state index is -1.07. The number of halogens is 3. The zero-order chi connectivity index (χ0) is 72.2. The van der Waals surface area contributed by atoms with Gasteiger partial charge in [-0.15, -0.1) is 0 Å². The summed E-state index contributed by atoms with van der Waals surface area (Å²) in [5.41, 5.74) is 6.29. The third-order valence-corrected chi connectivity index (χ3v) is 15.1.